The third-order valence-electron chi connectivity index (χ3n) is 3.33. The van der Waals surface area contributed by atoms with E-state index in [2.05, 4.69) is 5.32 Å². The maximum absolute atomic E-state index is 11.3. The number of hydrogen-bond acceptors (Lipinski definition) is 4. The monoisotopic (exact) mass is 272 g/mol. The van der Waals surface area contributed by atoms with E-state index in [1.807, 2.05) is 37.3 Å². The number of hydrogen-bond donors (Lipinski definition) is 2. The molecule has 0 spiro atoms. The molecule has 5 heteroatoms. The predicted molar refractivity (Wildman–Crippen MR) is 74.7 cm³/mol. The predicted octanol–water partition coefficient (Wildman–Crippen LogP) is 2.22. The summed E-state index contributed by atoms with van der Waals surface area (Å²) in [6, 6.07) is 8.98. The molecule has 1 aromatic carbocycles. The lowest BCUT2D eigenvalue weighted by molar-refractivity contribution is -0.118. The first-order valence-electron chi connectivity index (χ1n) is 6.58. The summed E-state index contributed by atoms with van der Waals surface area (Å²) >= 11 is 0. The molecule has 0 bridgehead atoms. The highest BCUT2D eigenvalue weighted by atomic mass is 16.5. The molecule has 5 nitrogen and oxygen atoms in total. The van der Waals surface area contributed by atoms with E-state index in [0.29, 0.717) is 17.2 Å². The lowest BCUT2D eigenvalue weighted by atomic mass is 10.0. The Labute approximate surface area is 116 Å². The number of fused-ring (bicyclic) bond motifs is 1. The van der Waals surface area contributed by atoms with Gasteiger partial charge in [-0.2, -0.15) is 0 Å². The Bertz CT molecular complexity index is 648. The molecule has 0 saturated heterocycles. The van der Waals surface area contributed by atoms with Crippen molar-refractivity contribution < 1.29 is 13.9 Å². The molecule has 1 aromatic heterocycles. The van der Waals surface area contributed by atoms with E-state index in [-0.39, 0.29) is 18.6 Å². The Kier molecular flexibility index (Phi) is 3.20. The third kappa shape index (κ3) is 2.28. The van der Waals surface area contributed by atoms with Crippen molar-refractivity contribution in [3.8, 4) is 5.75 Å². The van der Waals surface area contributed by atoms with Crippen molar-refractivity contribution in [2.24, 2.45) is 5.73 Å². The number of furan rings is 1. The molecular weight excluding hydrogens is 256 g/mol. The van der Waals surface area contributed by atoms with Crippen LogP contribution in [0.5, 0.6) is 5.75 Å². The first kappa shape index (κ1) is 12.7. The molecule has 3 N–H and O–H groups in total. The lowest BCUT2D eigenvalue weighted by Crippen LogP contribution is -2.25. The van der Waals surface area contributed by atoms with Crippen LogP contribution in [0.2, 0.25) is 0 Å². The summed E-state index contributed by atoms with van der Waals surface area (Å²) in [5.41, 5.74) is 7.72. The topological polar surface area (TPSA) is 77.5 Å². The van der Waals surface area contributed by atoms with Crippen molar-refractivity contribution in [1.82, 2.24) is 0 Å². The van der Waals surface area contributed by atoms with Crippen LogP contribution in [-0.4, -0.2) is 12.5 Å². The molecule has 2 heterocycles. The maximum atomic E-state index is 11.3. The van der Waals surface area contributed by atoms with Crippen molar-refractivity contribution in [3.63, 3.8) is 0 Å². The second-order valence-electron chi connectivity index (χ2n) is 4.73. The van der Waals surface area contributed by atoms with Gasteiger partial charge in [-0.05, 0) is 29.8 Å². The summed E-state index contributed by atoms with van der Waals surface area (Å²) in [6.45, 7) is 2.08. The quantitative estimate of drug-likeness (QED) is 0.898. The van der Waals surface area contributed by atoms with Gasteiger partial charge >= 0.3 is 0 Å². The molecule has 3 rings (SSSR count). The summed E-state index contributed by atoms with van der Waals surface area (Å²) in [4.78, 5) is 11.3. The number of carbonyl (C=O) groups is 1. The molecule has 1 unspecified atom stereocenters. The lowest BCUT2D eigenvalue weighted by Gasteiger charge is -2.19. The third-order valence-corrected chi connectivity index (χ3v) is 3.33. The molecule has 1 atom stereocenters. The Morgan fingerprint density at radius 1 is 1.35 bits per heavy atom. The van der Waals surface area contributed by atoms with Crippen molar-refractivity contribution >= 4 is 11.6 Å². The fourth-order valence-electron chi connectivity index (χ4n) is 2.21. The van der Waals surface area contributed by atoms with E-state index in [4.69, 9.17) is 14.9 Å². The van der Waals surface area contributed by atoms with Gasteiger partial charge in [-0.3, -0.25) is 4.79 Å². The zero-order valence-corrected chi connectivity index (χ0v) is 11.2. The number of rotatable bonds is 3. The standard InChI is InChI=1S/C15H16N2O3/c1-2-10-4-6-13(20-10)15(16)9-3-5-12-11(7-9)17-14(18)8-19-12/h3-7,15H,2,8,16H2,1H3,(H,17,18). The fourth-order valence-corrected chi connectivity index (χ4v) is 2.21. The van der Waals surface area contributed by atoms with E-state index in [9.17, 15) is 4.79 Å². The molecule has 104 valence electrons. The molecular formula is C15H16N2O3. The second-order valence-corrected chi connectivity index (χ2v) is 4.73. The summed E-state index contributed by atoms with van der Waals surface area (Å²) in [6.07, 6.45) is 0.834. The summed E-state index contributed by atoms with van der Waals surface area (Å²) < 4.78 is 11.0. The normalized spacial score (nSPS) is 15.2. The van der Waals surface area contributed by atoms with Crippen LogP contribution < -0.4 is 15.8 Å². The molecule has 0 fully saturated rings. The highest BCUT2D eigenvalue weighted by Gasteiger charge is 2.19. The van der Waals surface area contributed by atoms with Gasteiger partial charge in [-0.15, -0.1) is 0 Å². The Morgan fingerprint density at radius 3 is 2.95 bits per heavy atom. The smallest absolute Gasteiger partial charge is 0.262 e. The Morgan fingerprint density at radius 2 is 2.20 bits per heavy atom. The van der Waals surface area contributed by atoms with Crippen LogP contribution in [-0.2, 0) is 11.2 Å². The minimum absolute atomic E-state index is 0.0520. The van der Waals surface area contributed by atoms with Crippen molar-refractivity contribution in [2.75, 3.05) is 11.9 Å². The van der Waals surface area contributed by atoms with E-state index in [1.54, 1.807) is 0 Å². The Hall–Kier alpha value is -2.27. The van der Waals surface area contributed by atoms with Crippen molar-refractivity contribution in [2.45, 2.75) is 19.4 Å². The molecule has 1 aliphatic heterocycles. The van der Waals surface area contributed by atoms with Gasteiger partial charge in [0.25, 0.3) is 5.91 Å². The second kappa shape index (κ2) is 5.02. The number of aryl methyl sites for hydroxylation is 1. The van der Waals surface area contributed by atoms with Crippen LogP contribution in [0.25, 0.3) is 0 Å². The number of benzene rings is 1. The van der Waals surface area contributed by atoms with Gasteiger partial charge in [0.1, 0.15) is 17.3 Å². The van der Waals surface area contributed by atoms with Gasteiger partial charge in [-0.25, -0.2) is 0 Å². The SMILES string of the molecule is CCc1ccc(C(N)c2ccc3c(c2)NC(=O)CO3)o1. The molecule has 0 aliphatic carbocycles. The van der Waals surface area contributed by atoms with Crippen LogP contribution in [0.15, 0.2) is 34.7 Å². The van der Waals surface area contributed by atoms with Crippen LogP contribution >= 0.6 is 0 Å². The molecule has 1 amide bonds. The van der Waals surface area contributed by atoms with E-state index < -0.39 is 0 Å². The number of amides is 1. The molecule has 20 heavy (non-hydrogen) atoms. The van der Waals surface area contributed by atoms with Gasteiger partial charge in [0, 0.05) is 6.42 Å². The van der Waals surface area contributed by atoms with E-state index in [1.165, 1.54) is 0 Å². The summed E-state index contributed by atoms with van der Waals surface area (Å²) in [5, 5.41) is 2.77. The van der Waals surface area contributed by atoms with Crippen LogP contribution in [0.4, 0.5) is 5.69 Å². The average molecular weight is 272 g/mol. The summed E-state index contributed by atoms with van der Waals surface area (Å²) in [5.74, 6) is 2.12. The van der Waals surface area contributed by atoms with Crippen LogP contribution in [0, 0.1) is 0 Å². The van der Waals surface area contributed by atoms with Gasteiger partial charge in [-0.1, -0.05) is 13.0 Å². The van der Waals surface area contributed by atoms with Gasteiger partial charge in [0.2, 0.25) is 0 Å². The maximum Gasteiger partial charge on any atom is 0.262 e. The highest BCUT2D eigenvalue weighted by Crippen LogP contribution is 2.32. The molecule has 1 aliphatic rings. The number of nitrogens with one attached hydrogen (secondary N) is 1. The zero-order chi connectivity index (χ0) is 14.1. The van der Waals surface area contributed by atoms with Crippen LogP contribution in [0.3, 0.4) is 0 Å². The number of carbonyl (C=O) groups excluding carboxylic acids is 1. The van der Waals surface area contributed by atoms with Gasteiger partial charge < -0.3 is 20.2 Å². The van der Waals surface area contributed by atoms with Gasteiger partial charge in [0.15, 0.2) is 6.61 Å². The number of anilines is 1. The average Bonchev–Trinajstić information content (AvgIpc) is 2.94. The largest absolute Gasteiger partial charge is 0.482 e. The zero-order valence-electron chi connectivity index (χ0n) is 11.2. The molecule has 0 saturated carbocycles. The first-order chi connectivity index (χ1) is 9.67. The Balaban J connectivity index is 1.90. The number of nitrogens with two attached hydrogens (primary N) is 1. The molecule has 2 aromatic rings. The minimum Gasteiger partial charge on any atom is -0.482 e. The van der Waals surface area contributed by atoms with E-state index in [0.717, 1.165) is 17.7 Å². The number of ether oxygens (including phenoxy) is 1. The van der Waals surface area contributed by atoms with Crippen molar-refractivity contribution in [1.29, 1.82) is 0 Å². The fraction of sp³-hybridized carbons (Fsp3) is 0.267. The molecule has 0 radical (unpaired) electrons. The van der Waals surface area contributed by atoms with Gasteiger partial charge in [0.05, 0.1) is 11.7 Å². The van der Waals surface area contributed by atoms with E-state index >= 15 is 0 Å². The minimum atomic E-state index is -0.362. The first-order valence-corrected chi connectivity index (χ1v) is 6.58. The van der Waals surface area contributed by atoms with Crippen LogP contribution in [0.1, 0.15) is 30.0 Å². The highest BCUT2D eigenvalue weighted by molar-refractivity contribution is 5.95. The summed E-state index contributed by atoms with van der Waals surface area (Å²) in [7, 11) is 0. The van der Waals surface area contributed by atoms with Crippen molar-refractivity contribution in [3.05, 3.63) is 47.4 Å².